The normalized spacial score (nSPS) is 11.4. The lowest BCUT2D eigenvalue weighted by molar-refractivity contribution is -0.130. The van der Waals surface area contributed by atoms with E-state index in [0.29, 0.717) is 0 Å². The summed E-state index contributed by atoms with van der Waals surface area (Å²) < 4.78 is 0. The molecule has 0 bridgehead atoms. The van der Waals surface area contributed by atoms with Crippen LogP contribution in [0.2, 0.25) is 0 Å². The molecule has 7 heteroatoms. The van der Waals surface area contributed by atoms with Gasteiger partial charge in [-0.25, -0.2) is 5.48 Å². The summed E-state index contributed by atoms with van der Waals surface area (Å²) >= 11 is 0. The molecule has 0 aromatic heterocycles. The van der Waals surface area contributed by atoms with Crippen molar-refractivity contribution in [2.45, 2.75) is 0 Å². The highest BCUT2D eigenvalue weighted by Gasteiger charge is 2.34. The first-order chi connectivity index (χ1) is 8.49. The minimum Gasteiger partial charge on any atom is -0.365 e. The highest BCUT2D eigenvalue weighted by Crippen LogP contribution is 2.10. The zero-order chi connectivity index (χ0) is 13.7. The smallest absolute Gasteiger partial charge is 0.263 e. The van der Waals surface area contributed by atoms with Crippen LogP contribution in [0.15, 0.2) is 30.3 Å². The van der Waals surface area contributed by atoms with Crippen LogP contribution in [0.25, 0.3) is 0 Å². The molecule has 1 aromatic rings. The second kappa shape index (κ2) is 5.69. The van der Waals surface area contributed by atoms with E-state index in [2.05, 4.69) is 0 Å². The Morgan fingerprint density at radius 2 is 1.78 bits per heavy atom. The molecule has 5 N–H and O–H groups in total. The Labute approximate surface area is 102 Å². The van der Waals surface area contributed by atoms with Gasteiger partial charge in [-0.1, -0.05) is 30.3 Å². The molecular formula is C11H11N3O4. The van der Waals surface area contributed by atoms with Crippen LogP contribution < -0.4 is 11.2 Å². The van der Waals surface area contributed by atoms with Crippen molar-refractivity contribution in [1.82, 2.24) is 5.48 Å². The summed E-state index contributed by atoms with van der Waals surface area (Å²) in [4.78, 5) is 34.2. The molecular weight excluding hydrogens is 238 g/mol. The van der Waals surface area contributed by atoms with Crippen molar-refractivity contribution in [3.8, 4) is 0 Å². The van der Waals surface area contributed by atoms with E-state index in [-0.39, 0.29) is 5.56 Å². The van der Waals surface area contributed by atoms with Gasteiger partial charge in [0.05, 0.1) is 0 Å². The van der Waals surface area contributed by atoms with Crippen LogP contribution in [-0.4, -0.2) is 28.5 Å². The molecule has 94 valence electrons. The Kier molecular flexibility index (Phi) is 4.27. The number of carbonyl (C=O) groups excluding carboxylic acids is 3. The van der Waals surface area contributed by atoms with Crippen LogP contribution in [0.3, 0.4) is 0 Å². The fourth-order valence-electron chi connectivity index (χ4n) is 1.36. The zero-order valence-electron chi connectivity index (χ0n) is 9.21. The van der Waals surface area contributed by atoms with Gasteiger partial charge >= 0.3 is 0 Å². The molecule has 0 radical (unpaired) electrons. The molecule has 18 heavy (non-hydrogen) atoms. The Morgan fingerprint density at radius 1 is 1.22 bits per heavy atom. The van der Waals surface area contributed by atoms with Crippen LogP contribution in [0, 0.1) is 11.3 Å². The average Bonchev–Trinajstić information content (AvgIpc) is 2.39. The maximum Gasteiger partial charge on any atom is 0.263 e. The van der Waals surface area contributed by atoms with Crippen LogP contribution in [0.1, 0.15) is 10.4 Å². The van der Waals surface area contributed by atoms with Crippen molar-refractivity contribution in [3.63, 3.8) is 0 Å². The van der Waals surface area contributed by atoms with Gasteiger partial charge in [-0.3, -0.25) is 25.0 Å². The van der Waals surface area contributed by atoms with Gasteiger partial charge in [0, 0.05) is 5.56 Å². The third-order valence-corrected chi connectivity index (χ3v) is 2.25. The number of rotatable bonds is 5. The summed E-state index contributed by atoms with van der Waals surface area (Å²) in [6, 6.07) is 7.64. The number of hydrogen-bond donors (Lipinski definition) is 4. The highest BCUT2D eigenvalue weighted by molar-refractivity contribution is 6.47. The molecule has 0 heterocycles. The molecule has 0 aliphatic heterocycles. The second-order valence-electron chi connectivity index (χ2n) is 3.42. The maximum atomic E-state index is 12.0. The summed E-state index contributed by atoms with van der Waals surface area (Å²) in [5.41, 5.74) is 5.37. The SMILES string of the molecule is N=C(C(N)=O)C(C(=O)NO)C(=O)c1ccccc1. The second-order valence-corrected chi connectivity index (χ2v) is 3.42. The molecule has 0 saturated carbocycles. The molecule has 1 unspecified atom stereocenters. The summed E-state index contributed by atoms with van der Waals surface area (Å²) in [6.45, 7) is 0. The van der Waals surface area contributed by atoms with Crippen LogP contribution in [0.5, 0.6) is 0 Å². The lowest BCUT2D eigenvalue weighted by Crippen LogP contribution is -2.43. The van der Waals surface area contributed by atoms with Crippen LogP contribution in [0.4, 0.5) is 0 Å². The number of hydrogen-bond acceptors (Lipinski definition) is 5. The number of hydroxylamine groups is 1. The fraction of sp³-hybridized carbons (Fsp3) is 0.0909. The molecule has 0 spiro atoms. The Morgan fingerprint density at radius 3 is 2.22 bits per heavy atom. The Balaban J connectivity index is 3.12. The summed E-state index contributed by atoms with van der Waals surface area (Å²) in [6.07, 6.45) is 0. The molecule has 1 atom stereocenters. The van der Waals surface area contributed by atoms with Gasteiger partial charge in [-0.2, -0.15) is 0 Å². The number of amides is 2. The standard InChI is InChI=1S/C11H11N3O4/c12-8(10(13)16)7(11(17)14-18)9(15)6-4-2-1-3-5-6/h1-5,7,12,18H,(H2,13,16)(H,14,17). The van der Waals surface area contributed by atoms with Crippen molar-refractivity contribution in [1.29, 1.82) is 5.41 Å². The lowest BCUT2D eigenvalue weighted by atomic mass is 9.92. The van der Waals surface area contributed by atoms with Gasteiger partial charge in [0.15, 0.2) is 11.7 Å². The van der Waals surface area contributed by atoms with E-state index < -0.39 is 29.2 Å². The highest BCUT2D eigenvalue weighted by atomic mass is 16.5. The molecule has 0 aliphatic carbocycles. The minimum absolute atomic E-state index is 0.136. The number of Topliss-reactive ketones (excluding diaryl/α,β-unsaturated/α-hetero) is 1. The monoisotopic (exact) mass is 249 g/mol. The van der Waals surface area contributed by atoms with E-state index in [9.17, 15) is 14.4 Å². The molecule has 7 nitrogen and oxygen atoms in total. The predicted octanol–water partition coefficient (Wildman–Crippen LogP) is -0.504. The van der Waals surface area contributed by atoms with Crippen molar-refractivity contribution in [2.24, 2.45) is 11.7 Å². The van der Waals surface area contributed by atoms with E-state index in [0.717, 1.165) is 0 Å². The summed E-state index contributed by atoms with van der Waals surface area (Å²) in [5.74, 6) is -4.92. The summed E-state index contributed by atoms with van der Waals surface area (Å²) in [7, 11) is 0. The topological polar surface area (TPSA) is 133 Å². The largest absolute Gasteiger partial charge is 0.365 e. The van der Waals surface area contributed by atoms with E-state index in [4.69, 9.17) is 16.4 Å². The van der Waals surface area contributed by atoms with Gasteiger partial charge in [0.1, 0.15) is 5.71 Å². The van der Waals surface area contributed by atoms with Crippen LogP contribution in [-0.2, 0) is 9.59 Å². The quantitative estimate of drug-likeness (QED) is 0.184. The van der Waals surface area contributed by atoms with Gasteiger partial charge in [0.25, 0.3) is 11.8 Å². The molecule has 1 aromatic carbocycles. The zero-order valence-corrected chi connectivity index (χ0v) is 9.21. The number of nitrogens with one attached hydrogen (secondary N) is 2. The maximum absolute atomic E-state index is 12.0. The Bertz CT molecular complexity index is 498. The van der Waals surface area contributed by atoms with Crippen molar-refractivity contribution < 1.29 is 19.6 Å². The van der Waals surface area contributed by atoms with Crippen molar-refractivity contribution >= 4 is 23.3 Å². The molecule has 0 aliphatic rings. The van der Waals surface area contributed by atoms with E-state index >= 15 is 0 Å². The summed E-state index contributed by atoms with van der Waals surface area (Å²) in [5, 5.41) is 15.9. The molecule has 0 fully saturated rings. The van der Waals surface area contributed by atoms with E-state index in [1.807, 2.05) is 0 Å². The predicted molar refractivity (Wildman–Crippen MR) is 61.1 cm³/mol. The van der Waals surface area contributed by atoms with Gasteiger partial charge in [0.2, 0.25) is 0 Å². The van der Waals surface area contributed by atoms with E-state index in [1.165, 1.54) is 17.6 Å². The van der Waals surface area contributed by atoms with Crippen LogP contribution >= 0.6 is 0 Å². The minimum atomic E-state index is -1.75. The van der Waals surface area contributed by atoms with Gasteiger partial charge in [-0.15, -0.1) is 0 Å². The van der Waals surface area contributed by atoms with Gasteiger partial charge < -0.3 is 5.73 Å². The van der Waals surface area contributed by atoms with Crippen molar-refractivity contribution in [2.75, 3.05) is 0 Å². The molecule has 0 saturated heterocycles. The third kappa shape index (κ3) is 2.77. The average molecular weight is 249 g/mol. The third-order valence-electron chi connectivity index (χ3n) is 2.25. The first-order valence-corrected chi connectivity index (χ1v) is 4.90. The van der Waals surface area contributed by atoms with E-state index in [1.54, 1.807) is 18.2 Å². The first-order valence-electron chi connectivity index (χ1n) is 4.90. The van der Waals surface area contributed by atoms with Gasteiger partial charge in [-0.05, 0) is 0 Å². The number of benzene rings is 1. The number of nitrogens with two attached hydrogens (primary N) is 1. The fourth-order valence-corrected chi connectivity index (χ4v) is 1.36. The van der Waals surface area contributed by atoms with Crippen molar-refractivity contribution in [3.05, 3.63) is 35.9 Å². The number of primary amides is 1. The Hall–Kier alpha value is -2.54. The number of carbonyl (C=O) groups is 3. The molecule has 2 amide bonds. The number of ketones is 1. The first kappa shape index (κ1) is 13.5. The molecule has 1 rings (SSSR count). The lowest BCUT2D eigenvalue weighted by Gasteiger charge is -2.12.